The van der Waals surface area contributed by atoms with Crippen molar-refractivity contribution in [2.75, 3.05) is 0 Å². The first-order valence-electron chi connectivity index (χ1n) is 3.98. The normalized spacial score (nSPS) is 9.64. The highest BCUT2D eigenvalue weighted by Crippen LogP contribution is 2.16. The van der Waals surface area contributed by atoms with Crippen LogP contribution in [0.3, 0.4) is 0 Å². The lowest BCUT2D eigenvalue weighted by Gasteiger charge is -1.95. The van der Waals surface area contributed by atoms with Crippen molar-refractivity contribution in [2.24, 2.45) is 0 Å². The van der Waals surface area contributed by atoms with Gasteiger partial charge in [0.25, 0.3) is 0 Å². The quantitative estimate of drug-likeness (QED) is 0.733. The molecule has 0 unspecified atom stereocenters. The maximum Gasteiger partial charge on any atom is 0.357 e. The molecule has 0 aliphatic heterocycles. The van der Waals surface area contributed by atoms with Gasteiger partial charge in [-0.15, -0.1) is 0 Å². The predicted molar refractivity (Wildman–Crippen MR) is 49.5 cm³/mol. The van der Waals surface area contributed by atoms with Crippen molar-refractivity contribution in [3.8, 4) is 17.3 Å². The molecule has 0 aliphatic carbocycles. The molecular weight excluding hydrogens is 180 g/mol. The molecule has 1 aromatic carbocycles. The van der Waals surface area contributed by atoms with E-state index in [0.717, 1.165) is 5.56 Å². The fraction of sp³-hybridized carbons (Fsp3) is 0. The molecule has 0 saturated heterocycles. The van der Waals surface area contributed by atoms with Crippen molar-refractivity contribution in [3.05, 3.63) is 46.3 Å². The first-order chi connectivity index (χ1) is 6.79. The third-order valence-electron chi connectivity index (χ3n) is 1.83. The molecule has 1 heterocycles. The van der Waals surface area contributed by atoms with Crippen molar-refractivity contribution >= 4 is 0 Å². The zero-order chi connectivity index (χ0) is 9.97. The maximum absolute atomic E-state index is 10.8. The topological polar surface area (TPSA) is 69.8 Å². The van der Waals surface area contributed by atoms with Gasteiger partial charge in [-0.1, -0.05) is 12.1 Å². The molecule has 0 radical (unpaired) electrons. The van der Waals surface area contributed by atoms with E-state index < -0.39 is 5.63 Å². The molecule has 0 saturated carbocycles. The summed E-state index contributed by atoms with van der Waals surface area (Å²) in [5.74, 6) is 0. The summed E-state index contributed by atoms with van der Waals surface area (Å²) in [6.07, 6.45) is 0. The molecule has 2 aromatic rings. The number of benzene rings is 1. The molecule has 2 rings (SSSR count). The van der Waals surface area contributed by atoms with Crippen LogP contribution < -0.4 is 5.63 Å². The van der Waals surface area contributed by atoms with Gasteiger partial charge in [0.15, 0.2) is 0 Å². The van der Waals surface area contributed by atoms with E-state index in [1.165, 1.54) is 6.07 Å². The minimum absolute atomic E-state index is 0.428. The third kappa shape index (κ3) is 1.43. The highest BCUT2D eigenvalue weighted by atomic mass is 16.5. The molecular formula is C10H6N2O2. The van der Waals surface area contributed by atoms with Crippen molar-refractivity contribution in [1.82, 2.24) is 5.16 Å². The Morgan fingerprint density at radius 3 is 2.86 bits per heavy atom. The van der Waals surface area contributed by atoms with Crippen LogP contribution in [-0.2, 0) is 0 Å². The summed E-state index contributed by atoms with van der Waals surface area (Å²) in [4.78, 5) is 10.8. The lowest BCUT2D eigenvalue weighted by molar-refractivity contribution is 0.394. The SMILES string of the molecule is N#Cc1cccc(-c2cc(=O)o[nH]2)c1. The molecule has 4 heteroatoms. The van der Waals surface area contributed by atoms with Crippen LogP contribution in [0.4, 0.5) is 0 Å². The van der Waals surface area contributed by atoms with Crippen LogP contribution in [0.1, 0.15) is 5.56 Å². The fourth-order valence-corrected chi connectivity index (χ4v) is 1.18. The summed E-state index contributed by atoms with van der Waals surface area (Å²) in [5, 5.41) is 11.1. The van der Waals surface area contributed by atoms with Crippen molar-refractivity contribution in [2.45, 2.75) is 0 Å². The van der Waals surface area contributed by atoms with Crippen molar-refractivity contribution in [1.29, 1.82) is 5.26 Å². The largest absolute Gasteiger partial charge is 0.357 e. The third-order valence-corrected chi connectivity index (χ3v) is 1.83. The molecule has 0 spiro atoms. The van der Waals surface area contributed by atoms with E-state index in [2.05, 4.69) is 9.68 Å². The summed E-state index contributed by atoms with van der Waals surface area (Å²) >= 11 is 0. The van der Waals surface area contributed by atoms with Gasteiger partial charge in [-0.25, -0.2) is 9.95 Å². The van der Waals surface area contributed by atoms with E-state index in [0.29, 0.717) is 11.3 Å². The number of aromatic amines is 1. The molecule has 14 heavy (non-hydrogen) atoms. The van der Waals surface area contributed by atoms with Crippen LogP contribution in [0.15, 0.2) is 39.6 Å². The van der Waals surface area contributed by atoms with Gasteiger partial charge in [-0.2, -0.15) is 5.26 Å². The first kappa shape index (κ1) is 8.32. The van der Waals surface area contributed by atoms with E-state index in [1.807, 2.05) is 6.07 Å². The van der Waals surface area contributed by atoms with Gasteiger partial charge in [0.2, 0.25) is 0 Å². The number of nitrogens with zero attached hydrogens (tertiary/aromatic N) is 1. The first-order valence-corrected chi connectivity index (χ1v) is 3.98. The highest BCUT2D eigenvalue weighted by Gasteiger charge is 2.02. The summed E-state index contributed by atoms with van der Waals surface area (Å²) in [7, 11) is 0. The standard InChI is InChI=1S/C10H6N2O2/c11-6-7-2-1-3-8(4-7)9-5-10(13)14-12-9/h1-5,12H. The van der Waals surface area contributed by atoms with Gasteiger partial charge < -0.3 is 4.52 Å². The number of nitriles is 1. The molecule has 0 fully saturated rings. The second-order valence-corrected chi connectivity index (χ2v) is 2.77. The van der Waals surface area contributed by atoms with Gasteiger partial charge in [-0.3, -0.25) is 0 Å². The number of aromatic nitrogens is 1. The second kappa shape index (κ2) is 3.23. The van der Waals surface area contributed by atoms with Crippen LogP contribution in [0, 0.1) is 11.3 Å². The summed E-state index contributed by atoms with van der Waals surface area (Å²) in [6, 6.07) is 10.3. The Labute approximate surface area is 79.4 Å². The second-order valence-electron chi connectivity index (χ2n) is 2.77. The number of hydrogen-bond donors (Lipinski definition) is 1. The smallest absolute Gasteiger partial charge is 0.339 e. The van der Waals surface area contributed by atoms with Gasteiger partial charge in [0, 0.05) is 5.56 Å². The summed E-state index contributed by atoms with van der Waals surface area (Å²) in [5.41, 5.74) is 1.45. The number of rotatable bonds is 1. The minimum atomic E-state index is -0.428. The van der Waals surface area contributed by atoms with Crippen molar-refractivity contribution in [3.63, 3.8) is 0 Å². The molecule has 68 valence electrons. The Balaban J connectivity index is 2.53. The van der Waals surface area contributed by atoms with Gasteiger partial charge in [0.05, 0.1) is 23.4 Å². The summed E-state index contributed by atoms with van der Waals surface area (Å²) in [6.45, 7) is 0. The molecule has 1 aromatic heterocycles. The average Bonchev–Trinajstić information content (AvgIpc) is 2.65. The van der Waals surface area contributed by atoms with Crippen LogP contribution in [0.5, 0.6) is 0 Å². The Hall–Kier alpha value is -2.28. The van der Waals surface area contributed by atoms with Gasteiger partial charge in [-0.05, 0) is 12.1 Å². The monoisotopic (exact) mass is 186 g/mol. The highest BCUT2D eigenvalue weighted by molar-refractivity contribution is 5.60. The Bertz CT molecular complexity index is 545. The molecule has 1 N–H and O–H groups in total. The number of H-pyrrole nitrogens is 1. The van der Waals surface area contributed by atoms with Crippen molar-refractivity contribution < 1.29 is 4.52 Å². The van der Waals surface area contributed by atoms with Crippen LogP contribution in [0.25, 0.3) is 11.3 Å². The Morgan fingerprint density at radius 2 is 2.21 bits per heavy atom. The molecule has 4 nitrogen and oxygen atoms in total. The van der Waals surface area contributed by atoms with E-state index >= 15 is 0 Å². The van der Waals surface area contributed by atoms with Crippen LogP contribution in [0.2, 0.25) is 0 Å². The summed E-state index contributed by atoms with van der Waals surface area (Å²) < 4.78 is 4.53. The molecule has 0 amide bonds. The minimum Gasteiger partial charge on any atom is -0.339 e. The van der Waals surface area contributed by atoms with Crippen LogP contribution in [-0.4, -0.2) is 5.16 Å². The maximum atomic E-state index is 10.8. The van der Waals surface area contributed by atoms with E-state index in [9.17, 15) is 4.79 Å². The molecule has 0 aliphatic rings. The van der Waals surface area contributed by atoms with Gasteiger partial charge in [0.1, 0.15) is 0 Å². The fourth-order valence-electron chi connectivity index (χ4n) is 1.18. The Morgan fingerprint density at radius 1 is 1.36 bits per heavy atom. The zero-order valence-electron chi connectivity index (χ0n) is 7.15. The zero-order valence-corrected chi connectivity index (χ0v) is 7.15. The number of hydrogen-bond acceptors (Lipinski definition) is 3. The molecule has 0 bridgehead atoms. The van der Waals surface area contributed by atoms with E-state index in [4.69, 9.17) is 5.26 Å². The number of nitrogens with one attached hydrogen (secondary N) is 1. The lowest BCUT2D eigenvalue weighted by Crippen LogP contribution is -1.85. The van der Waals surface area contributed by atoms with Crippen LogP contribution >= 0.6 is 0 Å². The molecule has 0 atom stereocenters. The Kier molecular flexibility index (Phi) is 1.92. The average molecular weight is 186 g/mol. The predicted octanol–water partition coefficient (Wildman–Crippen LogP) is 1.51. The van der Waals surface area contributed by atoms with E-state index in [-0.39, 0.29) is 0 Å². The van der Waals surface area contributed by atoms with Gasteiger partial charge >= 0.3 is 5.63 Å². The van der Waals surface area contributed by atoms with E-state index in [1.54, 1.807) is 24.3 Å². The lowest BCUT2D eigenvalue weighted by atomic mass is 10.1.